The van der Waals surface area contributed by atoms with Crippen LogP contribution in [-0.2, 0) is 0 Å². The fourth-order valence-corrected chi connectivity index (χ4v) is 2.35. The highest BCUT2D eigenvalue weighted by Gasteiger charge is 1.93. The SMILES string of the molecule is C=CCCCCCCCCCCCCCCCO. The van der Waals surface area contributed by atoms with Crippen LogP contribution in [0.5, 0.6) is 0 Å². The quantitative estimate of drug-likeness (QED) is 0.297. The van der Waals surface area contributed by atoms with Gasteiger partial charge in [-0.15, -0.1) is 6.58 Å². The molecule has 0 unspecified atom stereocenters. The van der Waals surface area contributed by atoms with Crippen LogP contribution in [0.2, 0.25) is 0 Å². The Kier molecular flexibility index (Phi) is 16.4. The van der Waals surface area contributed by atoms with E-state index in [1.165, 1.54) is 83.5 Å². The normalized spacial score (nSPS) is 10.7. The van der Waals surface area contributed by atoms with Crippen LogP contribution in [0, 0.1) is 0 Å². The third-order valence-electron chi connectivity index (χ3n) is 3.57. The zero-order valence-electron chi connectivity index (χ0n) is 12.3. The predicted molar refractivity (Wildman–Crippen MR) is 81.9 cm³/mol. The number of rotatable bonds is 15. The molecular formula is C17H34O. The molecule has 1 heteroatoms. The van der Waals surface area contributed by atoms with Crippen molar-refractivity contribution in [1.29, 1.82) is 0 Å². The third-order valence-corrected chi connectivity index (χ3v) is 3.57. The summed E-state index contributed by atoms with van der Waals surface area (Å²) in [6.45, 7) is 4.12. The lowest BCUT2D eigenvalue weighted by molar-refractivity contribution is 0.282. The minimum Gasteiger partial charge on any atom is -0.396 e. The van der Waals surface area contributed by atoms with Crippen molar-refractivity contribution in [2.45, 2.75) is 89.9 Å². The first-order valence-electron chi connectivity index (χ1n) is 8.13. The molecule has 0 aromatic rings. The summed E-state index contributed by atoms with van der Waals surface area (Å²) < 4.78 is 0. The molecule has 108 valence electrons. The van der Waals surface area contributed by atoms with Crippen molar-refractivity contribution in [3.8, 4) is 0 Å². The van der Waals surface area contributed by atoms with Gasteiger partial charge >= 0.3 is 0 Å². The summed E-state index contributed by atoms with van der Waals surface area (Å²) in [5.41, 5.74) is 0. The standard InChI is InChI=1S/C17H34O/c1-2-3-4-5-6-7-8-9-10-11-12-13-14-15-16-17-18/h2,18H,1,3-17H2. The summed E-state index contributed by atoms with van der Waals surface area (Å²) in [5.74, 6) is 0. The lowest BCUT2D eigenvalue weighted by atomic mass is 10.0. The van der Waals surface area contributed by atoms with Gasteiger partial charge < -0.3 is 5.11 Å². The molecule has 0 rings (SSSR count). The molecule has 0 amide bonds. The van der Waals surface area contributed by atoms with Crippen molar-refractivity contribution in [3.05, 3.63) is 12.7 Å². The maximum Gasteiger partial charge on any atom is 0.0431 e. The van der Waals surface area contributed by atoms with Gasteiger partial charge in [0, 0.05) is 6.61 Å². The van der Waals surface area contributed by atoms with Crippen molar-refractivity contribution in [2.24, 2.45) is 0 Å². The Balaban J connectivity index is 2.88. The zero-order chi connectivity index (χ0) is 13.3. The van der Waals surface area contributed by atoms with E-state index in [0.717, 1.165) is 6.42 Å². The number of allylic oxidation sites excluding steroid dienone is 1. The van der Waals surface area contributed by atoms with E-state index in [0.29, 0.717) is 6.61 Å². The molecule has 0 bridgehead atoms. The number of unbranched alkanes of at least 4 members (excludes halogenated alkanes) is 13. The Morgan fingerprint density at radius 2 is 0.889 bits per heavy atom. The van der Waals surface area contributed by atoms with E-state index in [1.54, 1.807) is 0 Å². The van der Waals surface area contributed by atoms with Crippen LogP contribution in [0.1, 0.15) is 89.9 Å². The van der Waals surface area contributed by atoms with Crippen LogP contribution in [0.3, 0.4) is 0 Å². The van der Waals surface area contributed by atoms with Gasteiger partial charge in [0.25, 0.3) is 0 Å². The maximum absolute atomic E-state index is 8.65. The van der Waals surface area contributed by atoms with Crippen molar-refractivity contribution < 1.29 is 5.11 Å². The zero-order valence-corrected chi connectivity index (χ0v) is 12.3. The second-order valence-corrected chi connectivity index (χ2v) is 5.40. The number of hydrogen-bond donors (Lipinski definition) is 1. The molecule has 18 heavy (non-hydrogen) atoms. The first-order valence-corrected chi connectivity index (χ1v) is 8.13. The molecule has 0 atom stereocenters. The van der Waals surface area contributed by atoms with Crippen LogP contribution in [0.15, 0.2) is 12.7 Å². The second kappa shape index (κ2) is 16.7. The summed E-state index contributed by atoms with van der Waals surface area (Å²) in [7, 11) is 0. The average molecular weight is 254 g/mol. The van der Waals surface area contributed by atoms with Gasteiger partial charge in [0.1, 0.15) is 0 Å². The first-order chi connectivity index (χ1) is 8.91. The third kappa shape index (κ3) is 15.7. The van der Waals surface area contributed by atoms with E-state index in [-0.39, 0.29) is 0 Å². The van der Waals surface area contributed by atoms with E-state index in [2.05, 4.69) is 6.58 Å². The molecular weight excluding hydrogens is 220 g/mol. The number of aliphatic hydroxyl groups is 1. The van der Waals surface area contributed by atoms with Gasteiger partial charge in [0.15, 0.2) is 0 Å². The van der Waals surface area contributed by atoms with Crippen molar-refractivity contribution in [1.82, 2.24) is 0 Å². The molecule has 0 aromatic heterocycles. The van der Waals surface area contributed by atoms with Crippen molar-refractivity contribution in [2.75, 3.05) is 6.61 Å². The molecule has 0 aliphatic carbocycles. The molecule has 0 fully saturated rings. The molecule has 0 aromatic carbocycles. The van der Waals surface area contributed by atoms with E-state index in [4.69, 9.17) is 5.11 Å². The average Bonchev–Trinajstić information content (AvgIpc) is 2.39. The Morgan fingerprint density at radius 1 is 0.556 bits per heavy atom. The van der Waals surface area contributed by atoms with Gasteiger partial charge in [0.2, 0.25) is 0 Å². The molecule has 1 N–H and O–H groups in total. The maximum atomic E-state index is 8.65. The topological polar surface area (TPSA) is 20.2 Å². The van der Waals surface area contributed by atoms with E-state index < -0.39 is 0 Å². The predicted octanol–water partition coefficient (Wildman–Crippen LogP) is 5.63. The highest BCUT2D eigenvalue weighted by Crippen LogP contribution is 2.12. The molecule has 1 nitrogen and oxygen atoms in total. The summed E-state index contributed by atoms with van der Waals surface area (Å²) in [5, 5.41) is 8.65. The van der Waals surface area contributed by atoms with Gasteiger partial charge in [-0.2, -0.15) is 0 Å². The molecule has 0 aliphatic heterocycles. The minimum absolute atomic E-state index is 0.368. The smallest absolute Gasteiger partial charge is 0.0431 e. The molecule has 0 heterocycles. The van der Waals surface area contributed by atoms with Gasteiger partial charge in [-0.25, -0.2) is 0 Å². The largest absolute Gasteiger partial charge is 0.396 e. The minimum atomic E-state index is 0.368. The van der Waals surface area contributed by atoms with Crippen LogP contribution >= 0.6 is 0 Å². The Bertz CT molecular complexity index is 154. The molecule has 0 aliphatic rings. The molecule has 0 saturated carbocycles. The number of hydrogen-bond acceptors (Lipinski definition) is 1. The number of aliphatic hydroxyl groups excluding tert-OH is 1. The lowest BCUT2D eigenvalue weighted by Crippen LogP contribution is -1.85. The molecule has 0 radical (unpaired) electrons. The van der Waals surface area contributed by atoms with Crippen molar-refractivity contribution in [3.63, 3.8) is 0 Å². The van der Waals surface area contributed by atoms with Crippen LogP contribution < -0.4 is 0 Å². The van der Waals surface area contributed by atoms with Crippen LogP contribution in [-0.4, -0.2) is 11.7 Å². The van der Waals surface area contributed by atoms with Gasteiger partial charge in [-0.1, -0.05) is 76.7 Å². The summed E-state index contributed by atoms with van der Waals surface area (Å²) in [6, 6.07) is 0. The molecule has 0 spiro atoms. The van der Waals surface area contributed by atoms with E-state index in [9.17, 15) is 0 Å². The highest BCUT2D eigenvalue weighted by atomic mass is 16.2. The summed E-state index contributed by atoms with van der Waals surface area (Å²) in [4.78, 5) is 0. The van der Waals surface area contributed by atoms with E-state index >= 15 is 0 Å². The fourth-order valence-electron chi connectivity index (χ4n) is 2.35. The monoisotopic (exact) mass is 254 g/mol. The summed E-state index contributed by atoms with van der Waals surface area (Å²) in [6.07, 6.45) is 20.7. The van der Waals surface area contributed by atoms with Gasteiger partial charge in [0.05, 0.1) is 0 Å². The van der Waals surface area contributed by atoms with Crippen LogP contribution in [0.4, 0.5) is 0 Å². The second-order valence-electron chi connectivity index (χ2n) is 5.40. The fraction of sp³-hybridized carbons (Fsp3) is 0.882. The van der Waals surface area contributed by atoms with Crippen LogP contribution in [0.25, 0.3) is 0 Å². The Morgan fingerprint density at radius 3 is 1.22 bits per heavy atom. The highest BCUT2D eigenvalue weighted by molar-refractivity contribution is 4.65. The van der Waals surface area contributed by atoms with E-state index in [1.807, 2.05) is 6.08 Å². The lowest BCUT2D eigenvalue weighted by Gasteiger charge is -2.02. The Labute approximate surface area is 115 Å². The van der Waals surface area contributed by atoms with Gasteiger partial charge in [-0.3, -0.25) is 0 Å². The molecule has 0 saturated heterocycles. The van der Waals surface area contributed by atoms with Gasteiger partial charge in [-0.05, 0) is 19.3 Å². The summed E-state index contributed by atoms with van der Waals surface area (Å²) >= 11 is 0. The Hall–Kier alpha value is -0.300. The van der Waals surface area contributed by atoms with Crippen molar-refractivity contribution >= 4 is 0 Å². The first kappa shape index (κ1) is 17.7.